The minimum absolute atomic E-state index is 0.161. The number of nitrogens with two attached hydrogens (primary N) is 2. The van der Waals surface area contributed by atoms with Crippen LogP contribution in [0.5, 0.6) is 0 Å². The molecule has 30 heavy (non-hydrogen) atoms. The van der Waals surface area contributed by atoms with Gasteiger partial charge in [0.15, 0.2) is 10.3 Å². The molecule has 10 heteroatoms. The third-order valence-corrected chi connectivity index (χ3v) is 5.98. The molecule has 8 nitrogen and oxygen atoms in total. The molecule has 0 aliphatic rings. The molecule has 0 aliphatic carbocycles. The molecule has 2 heterocycles. The number of thiazole rings is 2. The van der Waals surface area contributed by atoms with Gasteiger partial charge in [0.25, 0.3) is 0 Å². The van der Waals surface area contributed by atoms with Crippen LogP contribution in [0.25, 0.3) is 0 Å². The van der Waals surface area contributed by atoms with Crippen molar-refractivity contribution in [3.05, 3.63) is 70.5 Å². The Morgan fingerprint density at radius 2 is 1.20 bits per heavy atom. The van der Waals surface area contributed by atoms with Crippen molar-refractivity contribution in [2.45, 2.75) is 0 Å². The fourth-order valence-corrected chi connectivity index (χ4v) is 4.20. The van der Waals surface area contributed by atoms with Gasteiger partial charge < -0.3 is 22.1 Å². The fourth-order valence-electron chi connectivity index (χ4n) is 2.49. The average Bonchev–Trinajstić information content (AvgIpc) is 3.31. The second-order valence-corrected chi connectivity index (χ2v) is 8.04. The molecule has 6 N–H and O–H groups in total. The highest BCUT2D eigenvalue weighted by Crippen LogP contribution is 2.29. The number of rotatable bonds is 10. The van der Waals surface area contributed by atoms with Gasteiger partial charge in [-0.25, -0.2) is 9.97 Å². The molecule has 0 saturated carbocycles. The molecule has 0 radical (unpaired) electrons. The van der Waals surface area contributed by atoms with Gasteiger partial charge in [0.1, 0.15) is 21.4 Å². The fraction of sp³-hybridized carbons (Fsp3) is 0.100. The van der Waals surface area contributed by atoms with E-state index in [-0.39, 0.29) is 23.2 Å². The highest BCUT2D eigenvalue weighted by molar-refractivity contribution is 7.18. The number of nitrogens with one attached hydrogen (secondary N) is 2. The van der Waals surface area contributed by atoms with E-state index in [1.54, 1.807) is 36.4 Å². The van der Waals surface area contributed by atoms with Gasteiger partial charge in [-0.15, -0.1) is 13.2 Å². The summed E-state index contributed by atoms with van der Waals surface area (Å²) in [5.41, 5.74) is 12.6. The van der Waals surface area contributed by atoms with Crippen LogP contribution in [0.15, 0.2) is 49.6 Å². The lowest BCUT2D eigenvalue weighted by atomic mass is 10.0. The van der Waals surface area contributed by atoms with E-state index in [1.165, 1.54) is 22.7 Å². The molecule has 3 aromatic rings. The van der Waals surface area contributed by atoms with Crippen molar-refractivity contribution in [2.24, 2.45) is 0 Å². The largest absolute Gasteiger partial charge is 0.382 e. The summed E-state index contributed by atoms with van der Waals surface area (Å²) in [6.45, 7) is 8.28. The van der Waals surface area contributed by atoms with Crippen LogP contribution in [0.4, 0.5) is 21.9 Å². The molecule has 0 spiro atoms. The van der Waals surface area contributed by atoms with E-state index in [9.17, 15) is 9.59 Å². The summed E-state index contributed by atoms with van der Waals surface area (Å²) < 4.78 is 0. The van der Waals surface area contributed by atoms with Crippen molar-refractivity contribution in [2.75, 3.05) is 35.2 Å². The Morgan fingerprint density at radius 3 is 1.53 bits per heavy atom. The second-order valence-electron chi connectivity index (χ2n) is 6.04. The Balaban J connectivity index is 1.78. The Kier molecular flexibility index (Phi) is 6.60. The molecule has 154 valence electrons. The van der Waals surface area contributed by atoms with Crippen molar-refractivity contribution >= 4 is 56.1 Å². The van der Waals surface area contributed by atoms with E-state index in [0.717, 1.165) is 0 Å². The quantitative estimate of drug-likeness (QED) is 0.278. The Hall–Kier alpha value is -3.50. The van der Waals surface area contributed by atoms with Crippen LogP contribution in [0.1, 0.15) is 30.5 Å². The Bertz CT molecular complexity index is 1010. The lowest BCUT2D eigenvalue weighted by molar-refractivity contribution is 0.103. The van der Waals surface area contributed by atoms with Gasteiger partial charge >= 0.3 is 0 Å². The molecular formula is C20H20N6O2S2. The summed E-state index contributed by atoms with van der Waals surface area (Å²) in [5.74, 6) is -0.199. The van der Waals surface area contributed by atoms with Crippen LogP contribution in [0.2, 0.25) is 0 Å². The minimum Gasteiger partial charge on any atom is -0.382 e. The molecule has 0 atom stereocenters. The van der Waals surface area contributed by atoms with Gasteiger partial charge in [-0.3, -0.25) is 9.59 Å². The predicted molar refractivity (Wildman–Crippen MR) is 124 cm³/mol. The van der Waals surface area contributed by atoms with E-state index >= 15 is 0 Å². The van der Waals surface area contributed by atoms with Crippen molar-refractivity contribution in [1.82, 2.24) is 9.97 Å². The van der Waals surface area contributed by atoms with Crippen molar-refractivity contribution < 1.29 is 9.59 Å². The monoisotopic (exact) mass is 440 g/mol. The topological polar surface area (TPSA) is 136 Å². The van der Waals surface area contributed by atoms with Gasteiger partial charge in [-0.2, -0.15) is 0 Å². The highest BCUT2D eigenvalue weighted by atomic mass is 32.1. The summed E-state index contributed by atoms with van der Waals surface area (Å²) in [6, 6.07) is 6.33. The maximum absolute atomic E-state index is 12.8. The number of nitrogens with zero attached hydrogens (tertiary/aromatic N) is 2. The average molecular weight is 441 g/mol. The number of nitrogen functional groups attached to an aromatic ring is 2. The first-order chi connectivity index (χ1) is 14.4. The number of ketones is 2. The molecule has 3 rings (SSSR count). The van der Waals surface area contributed by atoms with Crippen LogP contribution < -0.4 is 22.1 Å². The third kappa shape index (κ3) is 4.56. The van der Waals surface area contributed by atoms with E-state index in [2.05, 4.69) is 33.8 Å². The lowest BCUT2D eigenvalue weighted by Crippen LogP contribution is -2.05. The third-order valence-electron chi connectivity index (χ3n) is 3.92. The van der Waals surface area contributed by atoms with Crippen LogP contribution >= 0.6 is 22.7 Å². The van der Waals surface area contributed by atoms with E-state index in [4.69, 9.17) is 11.5 Å². The summed E-state index contributed by atoms with van der Waals surface area (Å²) in [5, 5.41) is 7.11. The number of hydrogen-bond donors (Lipinski definition) is 4. The van der Waals surface area contributed by atoms with Crippen LogP contribution in [0.3, 0.4) is 0 Å². The molecule has 0 unspecified atom stereocenters. The first-order valence-electron chi connectivity index (χ1n) is 8.86. The van der Waals surface area contributed by atoms with Crippen LogP contribution in [-0.2, 0) is 0 Å². The van der Waals surface area contributed by atoms with Gasteiger partial charge in [0.2, 0.25) is 11.6 Å². The van der Waals surface area contributed by atoms with Gasteiger partial charge in [0, 0.05) is 24.2 Å². The molecule has 0 saturated heterocycles. The molecule has 2 aromatic heterocycles. The normalized spacial score (nSPS) is 10.4. The Labute approximate surface area is 181 Å². The zero-order valence-corrected chi connectivity index (χ0v) is 17.6. The first kappa shape index (κ1) is 21.2. The van der Waals surface area contributed by atoms with E-state index in [0.29, 0.717) is 44.2 Å². The second kappa shape index (κ2) is 9.33. The molecule has 0 aliphatic heterocycles. The number of carbonyl (C=O) groups is 2. The molecule has 0 fully saturated rings. The zero-order valence-electron chi connectivity index (χ0n) is 16.0. The predicted octanol–water partition coefficient (Wildman–Crippen LogP) is 3.42. The van der Waals surface area contributed by atoms with Gasteiger partial charge in [-0.1, -0.05) is 59.1 Å². The smallest absolute Gasteiger partial charge is 0.206 e. The van der Waals surface area contributed by atoms with Gasteiger partial charge in [0.05, 0.1) is 0 Å². The summed E-state index contributed by atoms with van der Waals surface area (Å²) in [7, 11) is 0. The van der Waals surface area contributed by atoms with Crippen molar-refractivity contribution in [3.63, 3.8) is 0 Å². The summed E-state index contributed by atoms with van der Waals surface area (Å²) in [6.07, 6.45) is 3.37. The number of hydrogen-bond acceptors (Lipinski definition) is 10. The Morgan fingerprint density at radius 1 is 0.833 bits per heavy atom. The maximum Gasteiger partial charge on any atom is 0.206 e. The first-order valence-corrected chi connectivity index (χ1v) is 10.5. The van der Waals surface area contributed by atoms with Crippen LogP contribution in [0, 0.1) is 0 Å². The van der Waals surface area contributed by atoms with Crippen LogP contribution in [-0.4, -0.2) is 34.6 Å². The zero-order chi connectivity index (χ0) is 21.7. The number of aromatic nitrogens is 2. The molecular weight excluding hydrogens is 420 g/mol. The van der Waals surface area contributed by atoms with E-state index in [1.807, 2.05) is 0 Å². The van der Waals surface area contributed by atoms with E-state index < -0.39 is 0 Å². The number of benzene rings is 1. The minimum atomic E-state index is -0.260. The number of carbonyl (C=O) groups excluding carboxylic acids is 2. The summed E-state index contributed by atoms with van der Waals surface area (Å²) >= 11 is 2.34. The van der Waals surface area contributed by atoms with Crippen molar-refractivity contribution in [3.8, 4) is 0 Å². The lowest BCUT2D eigenvalue weighted by Gasteiger charge is -2.02. The summed E-state index contributed by atoms with van der Waals surface area (Å²) in [4.78, 5) is 34.5. The SMILES string of the molecule is C=CCNc1nc(N)c(C(=O)c2ccc(C(=O)c3sc(NCC=C)nc3N)cc2)s1. The standard InChI is InChI=1S/C20H20N6O2S2/c1-3-9-23-19-25-17(21)15(29-19)13(27)11-5-7-12(8-6-11)14(28)16-18(22)26-20(30-16)24-10-4-2/h3-8H,1-2,9-10,21-22H2,(H,23,25)(H,24,26). The van der Waals surface area contributed by atoms with Gasteiger partial charge in [-0.05, 0) is 0 Å². The number of anilines is 4. The molecule has 0 bridgehead atoms. The highest BCUT2D eigenvalue weighted by Gasteiger charge is 2.20. The van der Waals surface area contributed by atoms with Crippen molar-refractivity contribution in [1.29, 1.82) is 0 Å². The molecule has 1 aromatic carbocycles. The maximum atomic E-state index is 12.8. The molecule has 0 amide bonds.